The summed E-state index contributed by atoms with van der Waals surface area (Å²) in [6.07, 6.45) is 5.34. The van der Waals surface area contributed by atoms with Gasteiger partial charge in [-0.25, -0.2) is 4.68 Å². The minimum atomic E-state index is 0.0483. The molecule has 1 amide bonds. The van der Waals surface area contributed by atoms with Gasteiger partial charge in [0.25, 0.3) is 0 Å². The third-order valence-electron chi connectivity index (χ3n) is 5.28. The van der Waals surface area contributed by atoms with Gasteiger partial charge in [-0.05, 0) is 55.1 Å². The van der Waals surface area contributed by atoms with Crippen molar-refractivity contribution in [1.29, 1.82) is 0 Å². The largest absolute Gasteiger partial charge is 0.310 e. The van der Waals surface area contributed by atoms with Crippen LogP contribution in [0.15, 0.2) is 29.8 Å². The second-order valence-corrected chi connectivity index (χ2v) is 9.30. The van der Waals surface area contributed by atoms with E-state index >= 15 is 0 Å². The van der Waals surface area contributed by atoms with Crippen LogP contribution in [0.5, 0.6) is 0 Å². The topological polar surface area (TPSA) is 50.2 Å². The van der Waals surface area contributed by atoms with Gasteiger partial charge >= 0.3 is 0 Å². The van der Waals surface area contributed by atoms with Gasteiger partial charge < -0.3 is 5.32 Å². The van der Waals surface area contributed by atoms with Crippen LogP contribution in [-0.2, 0) is 11.3 Å². The monoisotopic (exact) mass is 374 g/mol. The van der Waals surface area contributed by atoms with Gasteiger partial charge in [0.15, 0.2) is 0 Å². The number of amides is 1. The second kappa shape index (κ2) is 8.35. The molecule has 0 aliphatic carbocycles. The first-order chi connectivity index (χ1) is 12.4. The van der Waals surface area contributed by atoms with Gasteiger partial charge in [-0.1, -0.05) is 26.8 Å². The van der Waals surface area contributed by atoms with Crippen LogP contribution < -0.4 is 5.32 Å². The molecule has 1 atom stereocenters. The molecular weight excluding hydrogens is 344 g/mol. The molecule has 5 nitrogen and oxygen atoms in total. The van der Waals surface area contributed by atoms with Gasteiger partial charge in [0.05, 0.1) is 19.3 Å². The molecule has 6 heteroatoms. The zero-order valence-electron chi connectivity index (χ0n) is 16.1. The highest BCUT2D eigenvalue weighted by molar-refractivity contribution is 7.09. The zero-order valence-corrected chi connectivity index (χ0v) is 16.9. The summed E-state index contributed by atoms with van der Waals surface area (Å²) < 4.78 is 1.85. The van der Waals surface area contributed by atoms with E-state index in [4.69, 9.17) is 0 Å². The Bertz CT molecular complexity index is 702. The van der Waals surface area contributed by atoms with E-state index in [9.17, 15) is 4.79 Å². The number of carbonyl (C=O) groups excluding carboxylic acids is 1. The average molecular weight is 375 g/mol. The van der Waals surface area contributed by atoms with Gasteiger partial charge in [-0.15, -0.1) is 11.3 Å². The van der Waals surface area contributed by atoms with Gasteiger partial charge in [0, 0.05) is 10.9 Å². The molecule has 3 rings (SSSR count). The van der Waals surface area contributed by atoms with Crippen molar-refractivity contribution in [3.05, 3.63) is 34.7 Å². The van der Waals surface area contributed by atoms with E-state index in [1.165, 1.54) is 24.1 Å². The summed E-state index contributed by atoms with van der Waals surface area (Å²) in [5.41, 5.74) is 0.354. The predicted octanol–water partition coefficient (Wildman–Crippen LogP) is 4.08. The molecule has 1 saturated heterocycles. The number of anilines is 1. The lowest BCUT2D eigenvalue weighted by molar-refractivity contribution is -0.117. The summed E-state index contributed by atoms with van der Waals surface area (Å²) in [6, 6.07) is 5.98. The van der Waals surface area contributed by atoms with Crippen molar-refractivity contribution in [2.75, 3.05) is 25.0 Å². The second-order valence-electron chi connectivity index (χ2n) is 8.27. The maximum Gasteiger partial charge on any atom is 0.239 e. The highest BCUT2D eigenvalue weighted by Gasteiger charge is 2.27. The summed E-state index contributed by atoms with van der Waals surface area (Å²) in [7, 11) is 0. The number of likely N-dealkylation sites (tertiary alicyclic amines) is 1. The highest BCUT2D eigenvalue weighted by Crippen LogP contribution is 2.34. The molecule has 1 fully saturated rings. The highest BCUT2D eigenvalue weighted by atomic mass is 32.1. The molecule has 0 saturated carbocycles. The molecule has 1 aliphatic rings. The molecular formula is C20H30N4OS. The molecule has 1 aliphatic heterocycles. The summed E-state index contributed by atoms with van der Waals surface area (Å²) in [5.74, 6) is 1.56. The van der Waals surface area contributed by atoms with E-state index in [0.717, 1.165) is 24.8 Å². The molecule has 2 aromatic heterocycles. The van der Waals surface area contributed by atoms with Crippen molar-refractivity contribution < 1.29 is 4.79 Å². The van der Waals surface area contributed by atoms with Crippen LogP contribution in [0, 0.1) is 11.3 Å². The average Bonchev–Trinajstić information content (AvgIpc) is 3.16. The van der Waals surface area contributed by atoms with Crippen molar-refractivity contribution in [1.82, 2.24) is 14.7 Å². The Morgan fingerprint density at radius 3 is 2.88 bits per heavy atom. The van der Waals surface area contributed by atoms with Crippen molar-refractivity contribution in [2.24, 2.45) is 11.3 Å². The third kappa shape index (κ3) is 5.17. The van der Waals surface area contributed by atoms with Crippen LogP contribution in [0.2, 0.25) is 0 Å². The van der Waals surface area contributed by atoms with Crippen LogP contribution in [0.1, 0.15) is 44.9 Å². The van der Waals surface area contributed by atoms with E-state index in [-0.39, 0.29) is 5.91 Å². The molecule has 26 heavy (non-hydrogen) atoms. The maximum absolute atomic E-state index is 12.5. The van der Waals surface area contributed by atoms with Gasteiger partial charge in [-0.2, -0.15) is 5.10 Å². The Balaban J connectivity index is 1.52. The zero-order chi connectivity index (χ0) is 18.6. The fourth-order valence-corrected chi connectivity index (χ4v) is 4.37. The van der Waals surface area contributed by atoms with E-state index in [2.05, 4.69) is 47.5 Å². The maximum atomic E-state index is 12.5. The predicted molar refractivity (Wildman–Crippen MR) is 108 cm³/mol. The van der Waals surface area contributed by atoms with Gasteiger partial charge in [0.1, 0.15) is 5.82 Å². The van der Waals surface area contributed by atoms with E-state index < -0.39 is 0 Å². The minimum absolute atomic E-state index is 0.0483. The first kappa shape index (κ1) is 19.1. The number of carbonyl (C=O) groups is 1. The Morgan fingerprint density at radius 2 is 2.15 bits per heavy atom. The quantitative estimate of drug-likeness (QED) is 0.858. The Hall–Kier alpha value is -1.66. The molecule has 142 valence electrons. The lowest BCUT2D eigenvalue weighted by Crippen LogP contribution is -2.34. The summed E-state index contributed by atoms with van der Waals surface area (Å²) in [6.45, 7) is 10.1. The molecule has 3 heterocycles. The Kier molecular flexibility index (Phi) is 6.14. The normalized spacial score (nSPS) is 19.3. The first-order valence-corrected chi connectivity index (χ1v) is 10.4. The fourth-order valence-electron chi connectivity index (χ4n) is 3.68. The van der Waals surface area contributed by atoms with E-state index in [1.54, 1.807) is 17.5 Å². The van der Waals surface area contributed by atoms with Gasteiger partial charge in [0.2, 0.25) is 5.91 Å². The summed E-state index contributed by atoms with van der Waals surface area (Å²) in [4.78, 5) is 16.1. The molecule has 0 spiro atoms. The number of aromatic nitrogens is 2. The number of rotatable bonds is 5. The van der Waals surface area contributed by atoms with Crippen LogP contribution >= 0.6 is 11.3 Å². The third-order valence-corrected chi connectivity index (χ3v) is 6.14. The van der Waals surface area contributed by atoms with Crippen molar-refractivity contribution in [3.8, 4) is 0 Å². The van der Waals surface area contributed by atoms with Crippen molar-refractivity contribution >= 4 is 23.1 Å². The van der Waals surface area contributed by atoms with Crippen LogP contribution in [0.4, 0.5) is 5.82 Å². The van der Waals surface area contributed by atoms with Gasteiger partial charge in [-0.3, -0.25) is 9.69 Å². The number of nitrogens with one attached hydrogen (secondary N) is 1. The van der Waals surface area contributed by atoms with Crippen molar-refractivity contribution in [2.45, 2.75) is 46.6 Å². The number of hydrogen-bond donors (Lipinski definition) is 1. The minimum Gasteiger partial charge on any atom is -0.310 e. The molecule has 1 N–H and O–H groups in total. The molecule has 0 bridgehead atoms. The van der Waals surface area contributed by atoms with Crippen LogP contribution in [-0.4, -0.2) is 40.2 Å². The molecule has 0 aromatic carbocycles. The molecule has 0 radical (unpaired) electrons. The van der Waals surface area contributed by atoms with Crippen LogP contribution in [0.25, 0.3) is 0 Å². The Labute approximate surface area is 160 Å². The first-order valence-electron chi connectivity index (χ1n) is 9.48. The SMILES string of the molecule is CC(C)(C)C1CCCN(CC(=O)Nc2ccnn2Cc2cccs2)CC1. The van der Waals surface area contributed by atoms with E-state index in [0.29, 0.717) is 18.5 Å². The smallest absolute Gasteiger partial charge is 0.239 e. The summed E-state index contributed by atoms with van der Waals surface area (Å²) >= 11 is 1.70. The number of hydrogen-bond acceptors (Lipinski definition) is 4. The summed E-state index contributed by atoms with van der Waals surface area (Å²) in [5, 5.41) is 9.43. The number of thiophene rings is 1. The van der Waals surface area contributed by atoms with Crippen LogP contribution in [0.3, 0.4) is 0 Å². The fraction of sp³-hybridized carbons (Fsp3) is 0.600. The standard InChI is InChI=1S/C20H30N4OS/c1-20(2,3)16-6-4-11-23(12-9-16)15-19(25)22-18-8-10-21-24(18)14-17-7-5-13-26-17/h5,7-8,10,13,16H,4,6,9,11-12,14-15H2,1-3H3,(H,22,25). The number of nitrogens with zero attached hydrogens (tertiary/aromatic N) is 3. The molecule has 1 unspecified atom stereocenters. The van der Waals surface area contributed by atoms with E-state index in [1.807, 2.05) is 16.8 Å². The molecule has 2 aromatic rings. The van der Waals surface area contributed by atoms with Crippen molar-refractivity contribution in [3.63, 3.8) is 0 Å². The lowest BCUT2D eigenvalue weighted by atomic mass is 9.77. The lowest BCUT2D eigenvalue weighted by Gasteiger charge is -2.29. The Morgan fingerprint density at radius 1 is 1.31 bits per heavy atom.